The Morgan fingerprint density at radius 3 is 2.61 bits per heavy atom. The molecule has 4 aromatic rings. The van der Waals surface area contributed by atoms with Crippen molar-refractivity contribution >= 4 is 61.8 Å². The number of aromatic nitrogens is 3. The van der Waals surface area contributed by atoms with Gasteiger partial charge in [-0.15, -0.1) is 11.3 Å². The highest BCUT2D eigenvalue weighted by atomic mass is 35.5. The van der Waals surface area contributed by atoms with Crippen LogP contribution in [0, 0.1) is 5.41 Å². The number of rotatable bonds is 4. The Morgan fingerprint density at radius 1 is 1.08 bits per heavy atom. The van der Waals surface area contributed by atoms with Gasteiger partial charge in [-0.2, -0.15) is 4.98 Å². The third kappa shape index (κ3) is 4.64. The van der Waals surface area contributed by atoms with E-state index in [2.05, 4.69) is 33.9 Å². The SMILES string of the molecule is CC(C)(C)S(=O)N[C@@H]1c2ccccc2CC12CCN(c1ncc3sc(-c4cccc(Cl)c4Cl)nc3n1)CC2. The molecule has 1 aliphatic heterocycles. The van der Waals surface area contributed by atoms with Gasteiger partial charge in [0.2, 0.25) is 5.95 Å². The van der Waals surface area contributed by atoms with Crippen molar-refractivity contribution in [1.82, 2.24) is 19.7 Å². The van der Waals surface area contributed by atoms with Crippen LogP contribution >= 0.6 is 34.5 Å². The number of hydrogen-bond acceptors (Lipinski definition) is 6. The molecule has 38 heavy (non-hydrogen) atoms. The molecule has 6 nitrogen and oxygen atoms in total. The molecule has 1 aliphatic carbocycles. The Balaban J connectivity index is 1.24. The van der Waals surface area contributed by atoms with Crippen LogP contribution in [-0.2, 0) is 17.4 Å². The third-order valence-corrected chi connectivity index (χ3v) is 11.1. The van der Waals surface area contributed by atoms with Gasteiger partial charge in [0.1, 0.15) is 5.01 Å². The molecule has 0 saturated carbocycles. The van der Waals surface area contributed by atoms with Gasteiger partial charge in [0, 0.05) is 18.7 Å². The highest BCUT2D eigenvalue weighted by molar-refractivity contribution is 7.84. The zero-order valence-corrected chi connectivity index (χ0v) is 24.6. The average Bonchev–Trinajstić information content (AvgIpc) is 3.44. The van der Waals surface area contributed by atoms with Gasteiger partial charge in [-0.1, -0.05) is 59.6 Å². The summed E-state index contributed by atoms with van der Waals surface area (Å²) < 4.78 is 17.3. The third-order valence-electron chi connectivity index (χ3n) is 7.66. The molecule has 6 rings (SSSR count). The summed E-state index contributed by atoms with van der Waals surface area (Å²) in [4.78, 5) is 16.5. The maximum atomic E-state index is 13.2. The molecular weight excluding hydrogens is 557 g/mol. The van der Waals surface area contributed by atoms with Crippen molar-refractivity contribution in [3.63, 3.8) is 0 Å². The van der Waals surface area contributed by atoms with Crippen LogP contribution in [0.15, 0.2) is 48.7 Å². The van der Waals surface area contributed by atoms with Crippen LogP contribution in [0.3, 0.4) is 0 Å². The van der Waals surface area contributed by atoms with Gasteiger partial charge in [0.05, 0.1) is 42.7 Å². The molecule has 2 aromatic carbocycles. The first-order chi connectivity index (χ1) is 18.1. The van der Waals surface area contributed by atoms with E-state index in [4.69, 9.17) is 38.2 Å². The molecule has 1 N–H and O–H groups in total. The highest BCUT2D eigenvalue weighted by Crippen LogP contribution is 2.52. The Bertz CT molecular complexity index is 1540. The molecule has 198 valence electrons. The van der Waals surface area contributed by atoms with E-state index in [1.165, 1.54) is 22.5 Å². The molecule has 1 saturated heterocycles. The molecule has 2 aromatic heterocycles. The Kier molecular flexibility index (Phi) is 6.76. The molecule has 0 radical (unpaired) electrons. The minimum Gasteiger partial charge on any atom is -0.341 e. The second-order valence-electron chi connectivity index (χ2n) is 11.1. The zero-order chi connectivity index (χ0) is 26.7. The van der Waals surface area contributed by atoms with Crippen LogP contribution < -0.4 is 9.62 Å². The number of piperidine rings is 1. The summed E-state index contributed by atoms with van der Waals surface area (Å²) in [5.74, 6) is 0.694. The molecule has 3 heterocycles. The molecule has 1 spiro atoms. The Labute approximate surface area is 239 Å². The number of nitrogens with zero attached hydrogens (tertiary/aromatic N) is 4. The number of nitrogens with one attached hydrogen (secondary N) is 1. The fraction of sp³-hybridized carbons (Fsp3) is 0.393. The van der Waals surface area contributed by atoms with Gasteiger partial charge in [0.15, 0.2) is 5.65 Å². The number of hydrogen-bond donors (Lipinski definition) is 1. The van der Waals surface area contributed by atoms with Crippen molar-refractivity contribution in [3.8, 4) is 10.6 Å². The number of thiazole rings is 1. The van der Waals surface area contributed by atoms with Gasteiger partial charge in [0.25, 0.3) is 0 Å². The molecule has 0 bridgehead atoms. The van der Waals surface area contributed by atoms with E-state index < -0.39 is 11.0 Å². The molecule has 1 unspecified atom stereocenters. The number of benzene rings is 2. The van der Waals surface area contributed by atoms with Crippen molar-refractivity contribution in [2.45, 2.75) is 50.8 Å². The lowest BCUT2D eigenvalue weighted by atomic mass is 9.73. The van der Waals surface area contributed by atoms with Crippen LogP contribution in [0.5, 0.6) is 0 Å². The molecule has 2 atom stereocenters. The standard InChI is InChI=1S/C28H29Cl2N5OS2/c1-27(2,3)38(36)34-23-18-8-5-4-7-17(18)15-28(23)11-13-35(14-12-28)26-31-16-21-24(33-26)32-25(37-21)19-9-6-10-20(29)22(19)30/h4-10,16,23,34H,11-15H2,1-3H3/t23-,38?/m1/s1. The first-order valence-corrected chi connectivity index (χ1v) is 15.5. The summed E-state index contributed by atoms with van der Waals surface area (Å²) in [6, 6.07) is 14.2. The van der Waals surface area contributed by atoms with E-state index >= 15 is 0 Å². The van der Waals surface area contributed by atoms with Crippen LogP contribution in [-0.4, -0.2) is 37.0 Å². The maximum Gasteiger partial charge on any atom is 0.227 e. The number of fused-ring (bicyclic) bond motifs is 2. The number of halogens is 2. The predicted octanol–water partition coefficient (Wildman–Crippen LogP) is 7.00. The van der Waals surface area contributed by atoms with Gasteiger partial charge in [-0.3, -0.25) is 0 Å². The van der Waals surface area contributed by atoms with Gasteiger partial charge in [-0.05, 0) is 62.6 Å². The van der Waals surface area contributed by atoms with Crippen LogP contribution in [0.2, 0.25) is 10.0 Å². The summed E-state index contributed by atoms with van der Waals surface area (Å²) in [5, 5.41) is 1.78. The molecule has 10 heteroatoms. The molecule has 1 fully saturated rings. The van der Waals surface area contributed by atoms with Crippen LogP contribution in [0.1, 0.15) is 50.8 Å². The van der Waals surface area contributed by atoms with E-state index in [0.717, 1.165) is 47.6 Å². The Morgan fingerprint density at radius 2 is 1.84 bits per heavy atom. The average molecular weight is 587 g/mol. The van der Waals surface area contributed by atoms with Crippen LogP contribution in [0.4, 0.5) is 5.95 Å². The van der Waals surface area contributed by atoms with Crippen molar-refractivity contribution in [3.05, 3.63) is 69.8 Å². The van der Waals surface area contributed by atoms with Gasteiger partial charge in [-0.25, -0.2) is 18.9 Å². The second kappa shape index (κ2) is 9.82. The smallest absolute Gasteiger partial charge is 0.227 e. The summed E-state index contributed by atoms with van der Waals surface area (Å²) in [6.07, 6.45) is 4.76. The lowest BCUT2D eigenvalue weighted by Crippen LogP contribution is -2.48. The topological polar surface area (TPSA) is 71.0 Å². The maximum absolute atomic E-state index is 13.2. The zero-order valence-electron chi connectivity index (χ0n) is 21.5. The lowest BCUT2D eigenvalue weighted by Gasteiger charge is -2.44. The van der Waals surface area contributed by atoms with E-state index in [0.29, 0.717) is 21.6 Å². The van der Waals surface area contributed by atoms with E-state index in [9.17, 15) is 4.21 Å². The van der Waals surface area contributed by atoms with Gasteiger partial charge < -0.3 is 4.90 Å². The second-order valence-corrected chi connectivity index (χ2v) is 14.9. The fourth-order valence-corrected chi connectivity index (χ4v) is 7.84. The van der Waals surface area contributed by atoms with Crippen LogP contribution in [0.25, 0.3) is 20.9 Å². The van der Waals surface area contributed by atoms with Crippen molar-refractivity contribution in [2.24, 2.45) is 5.41 Å². The predicted molar refractivity (Wildman–Crippen MR) is 158 cm³/mol. The highest BCUT2D eigenvalue weighted by Gasteiger charge is 2.49. The quantitative estimate of drug-likeness (QED) is 0.279. The van der Waals surface area contributed by atoms with Crippen molar-refractivity contribution in [2.75, 3.05) is 18.0 Å². The molecular formula is C28H29Cl2N5OS2. The summed E-state index contributed by atoms with van der Waals surface area (Å²) >= 11 is 14.2. The van der Waals surface area contributed by atoms with E-state index in [1.807, 2.05) is 39.1 Å². The molecule has 2 aliphatic rings. The number of anilines is 1. The van der Waals surface area contributed by atoms with E-state index in [-0.39, 0.29) is 16.2 Å². The van der Waals surface area contributed by atoms with Gasteiger partial charge >= 0.3 is 0 Å². The largest absolute Gasteiger partial charge is 0.341 e. The fourth-order valence-electron chi connectivity index (χ4n) is 5.54. The summed E-state index contributed by atoms with van der Waals surface area (Å²) in [7, 11) is -1.15. The minimum absolute atomic E-state index is 0.0162. The summed E-state index contributed by atoms with van der Waals surface area (Å²) in [5.41, 5.74) is 4.13. The van der Waals surface area contributed by atoms with Crippen molar-refractivity contribution in [1.29, 1.82) is 0 Å². The minimum atomic E-state index is -1.15. The van der Waals surface area contributed by atoms with Crippen molar-refractivity contribution < 1.29 is 4.21 Å². The Hall–Kier alpha value is -2.10. The monoisotopic (exact) mass is 585 g/mol. The summed E-state index contributed by atoms with van der Waals surface area (Å²) in [6.45, 7) is 7.71. The lowest BCUT2D eigenvalue weighted by molar-refractivity contribution is 0.177. The molecule has 0 amide bonds. The normalized spacial score (nSPS) is 19.7. The first-order valence-electron chi connectivity index (χ1n) is 12.7. The first kappa shape index (κ1) is 26.1. The van der Waals surface area contributed by atoms with E-state index in [1.54, 1.807) is 6.07 Å².